The van der Waals surface area contributed by atoms with Gasteiger partial charge in [-0.25, -0.2) is 14.1 Å². The summed E-state index contributed by atoms with van der Waals surface area (Å²) in [5.74, 6) is 0.285. The largest absolute Gasteiger partial charge is 0.335 e. The van der Waals surface area contributed by atoms with Crippen LogP contribution >= 0.6 is 11.3 Å². The zero-order chi connectivity index (χ0) is 19.8. The van der Waals surface area contributed by atoms with Crippen molar-refractivity contribution >= 4 is 17.2 Å². The normalized spacial score (nSPS) is 18.4. The van der Waals surface area contributed by atoms with Crippen LogP contribution in [0.15, 0.2) is 41.8 Å². The molecular weight excluding hydrogens is 387 g/mol. The Balaban J connectivity index is 1.48. The zero-order valence-electron chi connectivity index (χ0n) is 16.2. The summed E-state index contributed by atoms with van der Waals surface area (Å²) in [6, 6.07) is 10.1. The van der Waals surface area contributed by atoms with Gasteiger partial charge in [-0.05, 0) is 54.3 Å². The van der Waals surface area contributed by atoms with E-state index in [2.05, 4.69) is 10.1 Å². The average molecular weight is 411 g/mol. The molecule has 2 aromatic heterocycles. The minimum Gasteiger partial charge on any atom is -0.335 e. The molecular formula is C22H23FN4OS. The van der Waals surface area contributed by atoms with E-state index in [1.165, 1.54) is 55.6 Å². The first-order valence-corrected chi connectivity index (χ1v) is 11.1. The molecule has 1 aliphatic carbocycles. The fourth-order valence-electron chi connectivity index (χ4n) is 4.72. The lowest BCUT2D eigenvalue weighted by molar-refractivity contribution is 0.0747. The molecule has 3 aromatic rings. The second-order valence-electron chi connectivity index (χ2n) is 8.17. The number of nitrogens with zero attached hydrogens (tertiary/aromatic N) is 4. The summed E-state index contributed by atoms with van der Waals surface area (Å²) in [6.07, 6.45) is 7.32. The Kier molecular flexibility index (Phi) is 4.70. The highest BCUT2D eigenvalue weighted by Crippen LogP contribution is 2.44. The fourth-order valence-corrected chi connectivity index (χ4v) is 5.41. The maximum absolute atomic E-state index is 13.8. The van der Waals surface area contributed by atoms with Crippen LogP contribution in [0, 0.1) is 11.2 Å². The molecule has 0 N–H and O–H groups in total. The number of thiophene rings is 1. The predicted molar refractivity (Wildman–Crippen MR) is 111 cm³/mol. The van der Waals surface area contributed by atoms with E-state index < -0.39 is 0 Å². The van der Waals surface area contributed by atoms with Crippen molar-refractivity contribution < 1.29 is 9.18 Å². The highest BCUT2D eigenvalue weighted by molar-refractivity contribution is 7.13. The third-order valence-electron chi connectivity index (χ3n) is 6.23. The number of halogens is 1. The van der Waals surface area contributed by atoms with Gasteiger partial charge in [0.25, 0.3) is 5.91 Å². The summed E-state index contributed by atoms with van der Waals surface area (Å²) in [6.45, 7) is 1.57. The number of aromatic nitrogens is 3. The van der Waals surface area contributed by atoms with Crippen molar-refractivity contribution in [3.8, 4) is 16.4 Å². The molecule has 29 heavy (non-hydrogen) atoms. The molecule has 7 heteroatoms. The van der Waals surface area contributed by atoms with Gasteiger partial charge in [0, 0.05) is 13.1 Å². The van der Waals surface area contributed by atoms with Gasteiger partial charge in [-0.2, -0.15) is 0 Å². The Morgan fingerprint density at radius 3 is 2.72 bits per heavy atom. The summed E-state index contributed by atoms with van der Waals surface area (Å²) in [4.78, 5) is 20.6. The first kappa shape index (κ1) is 18.5. The Hall–Kier alpha value is -2.54. The molecule has 3 heterocycles. The van der Waals surface area contributed by atoms with Crippen LogP contribution in [-0.4, -0.2) is 38.7 Å². The van der Waals surface area contributed by atoms with E-state index in [0.29, 0.717) is 11.5 Å². The highest BCUT2D eigenvalue weighted by Gasteiger charge is 2.41. The van der Waals surface area contributed by atoms with Crippen molar-refractivity contribution in [2.45, 2.75) is 38.5 Å². The van der Waals surface area contributed by atoms with Gasteiger partial charge in [-0.3, -0.25) is 4.79 Å². The van der Waals surface area contributed by atoms with Crippen molar-refractivity contribution in [3.63, 3.8) is 0 Å². The lowest BCUT2D eigenvalue weighted by atomic mass is 9.73. The zero-order valence-corrected chi connectivity index (χ0v) is 17.0. The smallest absolute Gasteiger partial charge is 0.293 e. The molecule has 1 aliphatic heterocycles. The fraction of sp³-hybridized carbons (Fsp3) is 0.409. The Bertz CT molecular complexity index is 1020. The van der Waals surface area contributed by atoms with Crippen molar-refractivity contribution in [3.05, 3.63) is 53.4 Å². The van der Waals surface area contributed by atoms with Gasteiger partial charge < -0.3 is 4.90 Å². The molecule has 2 fully saturated rings. The molecule has 0 atom stereocenters. The molecule has 150 valence electrons. The average Bonchev–Trinajstić information content (AvgIpc) is 3.48. The Morgan fingerprint density at radius 2 is 1.97 bits per heavy atom. The summed E-state index contributed by atoms with van der Waals surface area (Å²) >= 11 is 1.52. The summed E-state index contributed by atoms with van der Waals surface area (Å²) in [5.41, 5.74) is 0.848. The third kappa shape index (κ3) is 3.48. The number of hydrogen-bond acceptors (Lipinski definition) is 4. The molecule has 0 bridgehead atoms. The number of benzene rings is 1. The second-order valence-corrected chi connectivity index (χ2v) is 9.11. The van der Waals surface area contributed by atoms with E-state index in [0.717, 1.165) is 24.4 Å². The van der Waals surface area contributed by atoms with E-state index >= 15 is 0 Å². The first-order chi connectivity index (χ1) is 14.1. The Labute approximate surface area is 173 Å². The number of amides is 1. The molecule has 1 aromatic carbocycles. The van der Waals surface area contributed by atoms with Crippen LogP contribution in [-0.2, 0) is 0 Å². The summed E-state index contributed by atoms with van der Waals surface area (Å²) in [7, 11) is 0. The van der Waals surface area contributed by atoms with Crippen molar-refractivity contribution in [1.82, 2.24) is 19.7 Å². The van der Waals surface area contributed by atoms with Crippen LogP contribution in [0.5, 0.6) is 0 Å². The maximum Gasteiger partial charge on any atom is 0.293 e. The van der Waals surface area contributed by atoms with Gasteiger partial charge in [-0.1, -0.05) is 31.4 Å². The molecule has 1 amide bonds. The van der Waals surface area contributed by atoms with Gasteiger partial charge in [0.2, 0.25) is 5.82 Å². The van der Waals surface area contributed by atoms with Gasteiger partial charge in [0.05, 0.1) is 10.6 Å². The topological polar surface area (TPSA) is 51.0 Å². The van der Waals surface area contributed by atoms with Crippen LogP contribution in [0.4, 0.5) is 4.39 Å². The maximum atomic E-state index is 13.8. The number of carbonyl (C=O) groups excluding carboxylic acids is 1. The molecule has 5 rings (SSSR count). The van der Waals surface area contributed by atoms with E-state index in [9.17, 15) is 9.18 Å². The van der Waals surface area contributed by atoms with E-state index in [1.807, 2.05) is 22.4 Å². The molecule has 1 spiro atoms. The van der Waals surface area contributed by atoms with Crippen molar-refractivity contribution in [2.24, 2.45) is 5.41 Å². The van der Waals surface area contributed by atoms with Crippen molar-refractivity contribution in [1.29, 1.82) is 0 Å². The van der Waals surface area contributed by atoms with E-state index in [1.54, 1.807) is 16.8 Å². The SMILES string of the molecule is O=C(c1nc(-c2cccs2)n(-c2cccc(F)c2)n1)N1CCC2(CCCCC2)C1. The number of rotatable bonds is 3. The first-order valence-electron chi connectivity index (χ1n) is 10.2. The van der Waals surface area contributed by atoms with Gasteiger partial charge in [-0.15, -0.1) is 16.4 Å². The minimum atomic E-state index is -0.346. The molecule has 1 saturated carbocycles. The van der Waals surface area contributed by atoms with Crippen LogP contribution in [0.3, 0.4) is 0 Å². The lowest BCUT2D eigenvalue weighted by Crippen LogP contribution is -2.33. The van der Waals surface area contributed by atoms with E-state index in [-0.39, 0.29) is 23.0 Å². The van der Waals surface area contributed by atoms with Crippen LogP contribution in [0.1, 0.15) is 49.1 Å². The summed E-state index contributed by atoms with van der Waals surface area (Å²) < 4.78 is 15.4. The Morgan fingerprint density at radius 1 is 1.10 bits per heavy atom. The van der Waals surface area contributed by atoms with Crippen LogP contribution in [0.2, 0.25) is 0 Å². The number of likely N-dealkylation sites (tertiary alicyclic amines) is 1. The third-order valence-corrected chi connectivity index (χ3v) is 7.10. The number of carbonyl (C=O) groups is 1. The quantitative estimate of drug-likeness (QED) is 0.615. The molecule has 0 unspecified atom stereocenters. The molecule has 2 aliphatic rings. The van der Waals surface area contributed by atoms with Gasteiger partial charge in [0.15, 0.2) is 5.82 Å². The highest BCUT2D eigenvalue weighted by atomic mass is 32.1. The van der Waals surface area contributed by atoms with Crippen LogP contribution < -0.4 is 0 Å². The summed E-state index contributed by atoms with van der Waals surface area (Å²) in [5, 5.41) is 6.46. The van der Waals surface area contributed by atoms with Gasteiger partial charge >= 0.3 is 0 Å². The monoisotopic (exact) mass is 410 g/mol. The molecule has 0 radical (unpaired) electrons. The lowest BCUT2D eigenvalue weighted by Gasteiger charge is -2.33. The van der Waals surface area contributed by atoms with Crippen molar-refractivity contribution in [2.75, 3.05) is 13.1 Å². The van der Waals surface area contributed by atoms with Gasteiger partial charge in [0.1, 0.15) is 5.82 Å². The molecule has 1 saturated heterocycles. The predicted octanol–water partition coefficient (Wildman–Crippen LogP) is 4.93. The molecule has 5 nitrogen and oxygen atoms in total. The van der Waals surface area contributed by atoms with E-state index in [4.69, 9.17) is 0 Å². The second kappa shape index (κ2) is 7.37. The minimum absolute atomic E-state index is 0.125. The van der Waals surface area contributed by atoms with Crippen LogP contribution in [0.25, 0.3) is 16.4 Å². The number of hydrogen-bond donors (Lipinski definition) is 0. The standard InChI is InChI=1S/C22H23FN4OS/c23-16-6-4-7-17(14-16)27-20(18-8-5-13-29-18)24-19(25-27)21(28)26-12-11-22(15-26)9-2-1-3-10-22/h4-8,13-14H,1-3,9-12,15H2.